The van der Waals surface area contributed by atoms with E-state index >= 15 is 0 Å². The monoisotopic (exact) mass is 516 g/mol. The third-order valence-corrected chi connectivity index (χ3v) is 6.17. The van der Waals surface area contributed by atoms with Gasteiger partial charge in [0.2, 0.25) is 5.91 Å². The lowest BCUT2D eigenvalue weighted by atomic mass is 9.98. The van der Waals surface area contributed by atoms with Crippen LogP contribution in [0.5, 0.6) is 11.5 Å². The highest BCUT2D eigenvalue weighted by atomic mass is 16.5. The molecule has 0 bridgehead atoms. The zero-order valence-electron chi connectivity index (χ0n) is 21.8. The van der Waals surface area contributed by atoms with Gasteiger partial charge < -0.3 is 29.7 Å². The van der Waals surface area contributed by atoms with E-state index in [9.17, 15) is 4.79 Å². The van der Waals surface area contributed by atoms with Crippen LogP contribution in [0.3, 0.4) is 0 Å². The van der Waals surface area contributed by atoms with Crippen molar-refractivity contribution in [3.63, 3.8) is 0 Å². The molecule has 10 heteroatoms. The Kier molecular flexibility index (Phi) is 11.9. The van der Waals surface area contributed by atoms with Gasteiger partial charge in [-0.3, -0.25) is 9.69 Å². The molecule has 0 unspecified atom stereocenters. The Balaban J connectivity index is 0.000000717. The van der Waals surface area contributed by atoms with Crippen molar-refractivity contribution >= 4 is 23.5 Å². The summed E-state index contributed by atoms with van der Waals surface area (Å²) in [5, 5.41) is 17.8. The number of likely N-dealkylation sites (tertiary alicyclic amines) is 1. The summed E-state index contributed by atoms with van der Waals surface area (Å²) in [6.45, 7) is 7.63. The van der Waals surface area contributed by atoms with Gasteiger partial charge in [0.25, 0.3) is 0 Å². The molecule has 202 valence electrons. The molecule has 1 aliphatic heterocycles. The summed E-state index contributed by atoms with van der Waals surface area (Å²) in [6, 6.07) is 11.8. The molecule has 1 fully saturated rings. The van der Waals surface area contributed by atoms with E-state index in [4.69, 9.17) is 34.0 Å². The molecule has 0 radical (unpaired) electrons. The standard InChI is InChI=1S/C25H34N2O4.C2H2O4/c1-18-6-5-7-24(19(18)2)26-25(28)15-27-10-8-20(9-11-27)16-31-17-21-12-22(29-3)14-23(13-21)30-4;3-1(4)2(5)6/h5-7,12-14,20H,8-11,15-17H2,1-4H3,(H,26,28);(H,3,4)(H,5,6). The molecule has 37 heavy (non-hydrogen) atoms. The summed E-state index contributed by atoms with van der Waals surface area (Å²) < 4.78 is 16.6. The molecule has 0 aromatic heterocycles. The Morgan fingerprint density at radius 1 is 0.973 bits per heavy atom. The number of carbonyl (C=O) groups excluding carboxylic acids is 1. The predicted molar refractivity (Wildman–Crippen MR) is 138 cm³/mol. The molecule has 10 nitrogen and oxygen atoms in total. The lowest BCUT2D eigenvalue weighted by Crippen LogP contribution is -2.40. The number of aliphatic carboxylic acids is 2. The number of ether oxygens (including phenoxy) is 3. The van der Waals surface area contributed by atoms with Gasteiger partial charge in [0, 0.05) is 18.4 Å². The maximum absolute atomic E-state index is 12.5. The van der Waals surface area contributed by atoms with Crippen molar-refractivity contribution in [3.05, 3.63) is 53.1 Å². The van der Waals surface area contributed by atoms with Crippen LogP contribution in [0.25, 0.3) is 0 Å². The van der Waals surface area contributed by atoms with E-state index in [0.29, 0.717) is 19.1 Å². The van der Waals surface area contributed by atoms with Crippen LogP contribution in [0.4, 0.5) is 5.69 Å². The maximum atomic E-state index is 12.5. The quantitative estimate of drug-likeness (QED) is 0.429. The van der Waals surface area contributed by atoms with Crippen LogP contribution in [0.2, 0.25) is 0 Å². The number of hydrogen-bond donors (Lipinski definition) is 3. The van der Waals surface area contributed by atoms with Crippen molar-refractivity contribution < 1.29 is 38.8 Å². The van der Waals surface area contributed by atoms with Gasteiger partial charge >= 0.3 is 11.9 Å². The van der Waals surface area contributed by atoms with Crippen molar-refractivity contribution in [2.75, 3.05) is 45.8 Å². The van der Waals surface area contributed by atoms with E-state index in [-0.39, 0.29) is 5.91 Å². The van der Waals surface area contributed by atoms with Crippen molar-refractivity contribution in [2.24, 2.45) is 5.92 Å². The second kappa shape index (κ2) is 14.8. The van der Waals surface area contributed by atoms with Gasteiger partial charge in [0.05, 0.1) is 27.4 Å². The summed E-state index contributed by atoms with van der Waals surface area (Å²) in [4.78, 5) is 32.9. The number of hydrogen-bond acceptors (Lipinski definition) is 7. The minimum Gasteiger partial charge on any atom is -0.497 e. The molecule has 3 rings (SSSR count). The first kappa shape index (κ1) is 29.6. The lowest BCUT2D eigenvalue weighted by molar-refractivity contribution is -0.159. The average molecular weight is 517 g/mol. The van der Waals surface area contributed by atoms with Gasteiger partial charge in [0.15, 0.2) is 0 Å². The van der Waals surface area contributed by atoms with Gasteiger partial charge in [-0.2, -0.15) is 0 Å². The SMILES string of the molecule is COc1cc(COCC2CCN(CC(=O)Nc3cccc(C)c3C)CC2)cc(OC)c1.O=C(O)C(=O)O. The number of methoxy groups -OCH3 is 2. The molecule has 1 heterocycles. The number of carboxylic acid groups (broad SMARTS) is 2. The normalized spacial score (nSPS) is 13.7. The van der Waals surface area contributed by atoms with E-state index in [1.54, 1.807) is 14.2 Å². The van der Waals surface area contributed by atoms with E-state index in [0.717, 1.165) is 60.9 Å². The molecular weight excluding hydrogens is 480 g/mol. The summed E-state index contributed by atoms with van der Waals surface area (Å²) in [5.41, 5.74) is 4.26. The van der Waals surface area contributed by atoms with Crippen LogP contribution in [-0.2, 0) is 25.7 Å². The van der Waals surface area contributed by atoms with Crippen LogP contribution in [0, 0.1) is 19.8 Å². The van der Waals surface area contributed by atoms with Gasteiger partial charge in [-0.05, 0) is 80.6 Å². The number of piperidine rings is 1. The predicted octanol–water partition coefficient (Wildman–Crippen LogP) is 3.34. The third-order valence-electron chi connectivity index (χ3n) is 6.17. The van der Waals surface area contributed by atoms with Crippen molar-refractivity contribution in [2.45, 2.75) is 33.3 Å². The Bertz CT molecular complexity index is 1030. The number of carbonyl (C=O) groups is 3. The average Bonchev–Trinajstić information content (AvgIpc) is 2.88. The third kappa shape index (κ3) is 10.1. The Morgan fingerprint density at radius 3 is 2.11 bits per heavy atom. The van der Waals surface area contributed by atoms with Crippen LogP contribution in [-0.4, -0.2) is 73.4 Å². The molecule has 2 aromatic carbocycles. The molecule has 1 saturated heterocycles. The number of amides is 1. The van der Waals surface area contributed by atoms with Crippen molar-refractivity contribution in [1.29, 1.82) is 0 Å². The smallest absolute Gasteiger partial charge is 0.414 e. The number of nitrogens with zero attached hydrogens (tertiary/aromatic N) is 1. The fraction of sp³-hybridized carbons (Fsp3) is 0.444. The first-order valence-corrected chi connectivity index (χ1v) is 12.0. The molecule has 2 aromatic rings. The molecule has 1 aliphatic rings. The highest BCUT2D eigenvalue weighted by Gasteiger charge is 2.21. The number of nitrogens with one attached hydrogen (secondary N) is 1. The van der Waals surface area contributed by atoms with Gasteiger partial charge in [0.1, 0.15) is 11.5 Å². The fourth-order valence-corrected chi connectivity index (χ4v) is 3.88. The molecular formula is C27H36N2O8. The molecule has 3 N–H and O–H groups in total. The van der Waals surface area contributed by atoms with Crippen LogP contribution >= 0.6 is 0 Å². The van der Waals surface area contributed by atoms with E-state index in [1.165, 1.54) is 5.56 Å². The van der Waals surface area contributed by atoms with Crippen molar-refractivity contribution in [3.8, 4) is 11.5 Å². The molecule has 0 atom stereocenters. The fourth-order valence-electron chi connectivity index (χ4n) is 3.88. The van der Waals surface area contributed by atoms with Gasteiger partial charge in [-0.25, -0.2) is 9.59 Å². The minimum atomic E-state index is -1.82. The molecule has 0 spiro atoms. The lowest BCUT2D eigenvalue weighted by Gasteiger charge is -2.31. The first-order chi connectivity index (χ1) is 17.6. The molecule has 1 amide bonds. The number of aryl methyl sites for hydroxylation is 1. The van der Waals surface area contributed by atoms with Crippen LogP contribution < -0.4 is 14.8 Å². The number of benzene rings is 2. The Hall–Kier alpha value is -3.63. The summed E-state index contributed by atoms with van der Waals surface area (Å²) >= 11 is 0. The second-order valence-electron chi connectivity index (χ2n) is 8.86. The van der Waals surface area contributed by atoms with Crippen LogP contribution in [0.1, 0.15) is 29.5 Å². The zero-order valence-corrected chi connectivity index (χ0v) is 21.8. The van der Waals surface area contributed by atoms with E-state index in [2.05, 4.69) is 23.2 Å². The molecule has 0 saturated carbocycles. The molecule has 0 aliphatic carbocycles. The van der Waals surface area contributed by atoms with E-state index < -0.39 is 11.9 Å². The summed E-state index contributed by atoms with van der Waals surface area (Å²) in [7, 11) is 3.30. The topological polar surface area (TPSA) is 135 Å². The Labute approximate surface area is 217 Å². The zero-order chi connectivity index (χ0) is 27.4. The number of carboxylic acids is 2. The van der Waals surface area contributed by atoms with Gasteiger partial charge in [-0.15, -0.1) is 0 Å². The number of rotatable bonds is 9. The van der Waals surface area contributed by atoms with E-state index in [1.807, 2.05) is 37.3 Å². The Morgan fingerprint density at radius 2 is 1.57 bits per heavy atom. The highest BCUT2D eigenvalue weighted by Crippen LogP contribution is 2.24. The van der Waals surface area contributed by atoms with Gasteiger partial charge in [-0.1, -0.05) is 12.1 Å². The second-order valence-corrected chi connectivity index (χ2v) is 8.86. The summed E-state index contributed by atoms with van der Waals surface area (Å²) in [5.74, 6) is -1.54. The maximum Gasteiger partial charge on any atom is 0.414 e. The van der Waals surface area contributed by atoms with Crippen LogP contribution in [0.15, 0.2) is 36.4 Å². The first-order valence-electron chi connectivity index (χ1n) is 12.0. The highest BCUT2D eigenvalue weighted by molar-refractivity contribution is 6.27. The van der Waals surface area contributed by atoms with Crippen molar-refractivity contribution in [1.82, 2.24) is 4.90 Å². The summed E-state index contributed by atoms with van der Waals surface area (Å²) in [6.07, 6.45) is 2.08. The largest absolute Gasteiger partial charge is 0.497 e. The number of anilines is 1. The minimum absolute atomic E-state index is 0.0513.